The van der Waals surface area contributed by atoms with Crippen LogP contribution in [0.5, 0.6) is 0 Å². The van der Waals surface area contributed by atoms with Gasteiger partial charge in [0.2, 0.25) is 10.0 Å². The van der Waals surface area contributed by atoms with Gasteiger partial charge in [-0.3, -0.25) is 4.98 Å². The summed E-state index contributed by atoms with van der Waals surface area (Å²) in [6.45, 7) is 0.334. The summed E-state index contributed by atoms with van der Waals surface area (Å²) in [6.07, 6.45) is 2.09. The average Bonchev–Trinajstić information content (AvgIpc) is 2.82. The number of sulfonamides is 1. The van der Waals surface area contributed by atoms with E-state index in [4.69, 9.17) is 0 Å². The third-order valence-electron chi connectivity index (χ3n) is 2.45. The monoisotopic (exact) mass is 360 g/mol. The fraction of sp³-hybridized carbons (Fsp3) is 0.250. The molecular weight excluding hydrogens is 348 g/mol. The molecule has 7 heteroatoms. The fourth-order valence-corrected chi connectivity index (χ4v) is 4.00. The second-order valence-corrected chi connectivity index (χ2v) is 8.39. The van der Waals surface area contributed by atoms with E-state index in [1.807, 2.05) is 30.3 Å². The minimum absolute atomic E-state index is 0.0521. The highest BCUT2D eigenvalue weighted by Crippen LogP contribution is 2.21. The summed E-state index contributed by atoms with van der Waals surface area (Å²) in [5, 5.41) is 0. The van der Waals surface area contributed by atoms with Crippen LogP contribution in [0.25, 0.3) is 0 Å². The Kier molecular flexibility index (Phi) is 5.09. The molecule has 0 saturated heterocycles. The van der Waals surface area contributed by atoms with Gasteiger partial charge in [-0.1, -0.05) is 6.07 Å². The normalized spacial score (nSPS) is 11.6. The van der Waals surface area contributed by atoms with Crippen LogP contribution >= 0.6 is 27.3 Å². The Labute approximate surface area is 125 Å². The molecule has 0 aliphatic heterocycles. The lowest BCUT2D eigenvalue weighted by Crippen LogP contribution is -2.26. The van der Waals surface area contributed by atoms with Gasteiger partial charge in [-0.25, -0.2) is 13.1 Å². The molecule has 2 aromatic heterocycles. The smallest absolute Gasteiger partial charge is 0.212 e. The second-order valence-electron chi connectivity index (χ2n) is 3.92. The number of hydrogen-bond acceptors (Lipinski definition) is 4. The summed E-state index contributed by atoms with van der Waals surface area (Å²) in [4.78, 5) is 5.09. The Morgan fingerprint density at radius 2 is 2.11 bits per heavy atom. The van der Waals surface area contributed by atoms with Crippen LogP contribution in [0.15, 0.2) is 40.3 Å². The predicted molar refractivity (Wildman–Crippen MR) is 80.6 cm³/mol. The molecule has 0 fully saturated rings. The molecule has 2 heterocycles. The Balaban J connectivity index is 1.85. The van der Waals surface area contributed by atoms with Crippen molar-refractivity contribution in [3.63, 3.8) is 0 Å². The first-order valence-corrected chi connectivity index (χ1v) is 8.93. The summed E-state index contributed by atoms with van der Waals surface area (Å²) >= 11 is 4.87. The Hall–Kier alpha value is -0.760. The largest absolute Gasteiger partial charge is 0.261 e. The summed E-state index contributed by atoms with van der Waals surface area (Å²) in [7, 11) is -3.27. The van der Waals surface area contributed by atoms with E-state index in [9.17, 15) is 8.42 Å². The number of aromatic nitrogens is 1. The van der Waals surface area contributed by atoms with Gasteiger partial charge >= 0.3 is 0 Å². The lowest BCUT2D eigenvalue weighted by atomic mass is 10.3. The number of halogens is 1. The number of hydrogen-bond donors (Lipinski definition) is 1. The summed E-state index contributed by atoms with van der Waals surface area (Å²) in [6, 6.07) is 9.29. The first-order chi connectivity index (χ1) is 9.05. The highest BCUT2D eigenvalue weighted by molar-refractivity contribution is 9.11. The molecule has 0 saturated carbocycles. The van der Waals surface area contributed by atoms with Crippen LogP contribution in [0.2, 0.25) is 0 Å². The van der Waals surface area contributed by atoms with Crippen molar-refractivity contribution in [1.82, 2.24) is 9.71 Å². The average molecular weight is 361 g/mol. The molecule has 2 rings (SSSR count). The van der Waals surface area contributed by atoms with Crippen molar-refractivity contribution in [1.29, 1.82) is 0 Å². The van der Waals surface area contributed by atoms with Crippen molar-refractivity contribution in [3.05, 3.63) is 50.9 Å². The van der Waals surface area contributed by atoms with E-state index in [2.05, 4.69) is 25.6 Å². The van der Waals surface area contributed by atoms with Gasteiger partial charge in [0, 0.05) is 29.7 Å². The van der Waals surface area contributed by atoms with Gasteiger partial charge in [0.1, 0.15) is 0 Å². The van der Waals surface area contributed by atoms with Crippen molar-refractivity contribution in [2.24, 2.45) is 0 Å². The van der Waals surface area contributed by atoms with Crippen LogP contribution in [0.1, 0.15) is 10.6 Å². The third-order valence-corrected chi connectivity index (χ3v) is 5.40. The number of aryl methyl sites for hydroxylation is 1. The summed E-state index contributed by atoms with van der Waals surface area (Å²) < 4.78 is 27.3. The lowest BCUT2D eigenvalue weighted by molar-refractivity contribution is 0.580. The fourth-order valence-electron chi connectivity index (χ4n) is 1.48. The maximum absolute atomic E-state index is 11.8. The highest BCUT2D eigenvalue weighted by atomic mass is 79.9. The molecule has 0 spiro atoms. The molecule has 0 radical (unpaired) electrons. The topological polar surface area (TPSA) is 59.1 Å². The van der Waals surface area contributed by atoms with Gasteiger partial charge in [-0.2, -0.15) is 0 Å². The van der Waals surface area contributed by atoms with Crippen molar-refractivity contribution in [3.8, 4) is 0 Å². The summed E-state index contributed by atoms with van der Waals surface area (Å²) in [5.74, 6) is 0.0521. The Morgan fingerprint density at radius 3 is 2.74 bits per heavy atom. The minimum atomic E-state index is -3.27. The van der Waals surface area contributed by atoms with Crippen molar-refractivity contribution >= 4 is 37.3 Å². The Bertz CT molecular complexity index is 626. The molecule has 4 nitrogen and oxygen atoms in total. The molecule has 2 aromatic rings. The number of pyridine rings is 1. The van der Waals surface area contributed by atoms with Crippen molar-refractivity contribution in [2.75, 3.05) is 5.75 Å². The second kappa shape index (κ2) is 6.60. The van der Waals surface area contributed by atoms with Crippen molar-refractivity contribution < 1.29 is 8.42 Å². The van der Waals surface area contributed by atoms with Crippen LogP contribution < -0.4 is 4.72 Å². The number of nitrogens with zero attached hydrogens (tertiary/aromatic N) is 1. The molecular formula is C12H13BrN2O2S2. The van der Waals surface area contributed by atoms with E-state index in [0.717, 1.165) is 14.4 Å². The number of nitrogens with one attached hydrogen (secondary N) is 1. The quantitative estimate of drug-likeness (QED) is 0.860. The van der Waals surface area contributed by atoms with Crippen molar-refractivity contribution in [2.45, 2.75) is 13.0 Å². The van der Waals surface area contributed by atoms with Gasteiger partial charge in [0.05, 0.1) is 9.54 Å². The first-order valence-electron chi connectivity index (χ1n) is 5.67. The van der Waals surface area contributed by atoms with Gasteiger partial charge in [-0.15, -0.1) is 11.3 Å². The SMILES string of the molecule is O=S(=O)(CCc1ccccn1)NCc1ccc(Br)s1. The summed E-state index contributed by atoms with van der Waals surface area (Å²) in [5.41, 5.74) is 0.784. The lowest BCUT2D eigenvalue weighted by Gasteiger charge is -2.05. The number of thiophene rings is 1. The van der Waals surface area contributed by atoms with Gasteiger partial charge in [-0.05, 0) is 40.2 Å². The van der Waals surface area contributed by atoms with Crippen LogP contribution in [0.3, 0.4) is 0 Å². The van der Waals surface area contributed by atoms with Crippen LogP contribution in [-0.2, 0) is 23.0 Å². The zero-order valence-electron chi connectivity index (χ0n) is 10.0. The zero-order chi connectivity index (χ0) is 13.7. The molecule has 102 valence electrons. The van der Waals surface area contributed by atoms with Gasteiger partial charge < -0.3 is 0 Å². The molecule has 19 heavy (non-hydrogen) atoms. The van der Waals surface area contributed by atoms with Gasteiger partial charge in [0.25, 0.3) is 0 Å². The highest BCUT2D eigenvalue weighted by Gasteiger charge is 2.11. The molecule has 0 bridgehead atoms. The molecule has 0 aromatic carbocycles. The van der Waals surface area contributed by atoms with E-state index in [1.54, 1.807) is 6.20 Å². The molecule has 1 N–H and O–H groups in total. The number of rotatable bonds is 6. The molecule has 0 aliphatic rings. The maximum atomic E-state index is 11.8. The molecule has 0 atom stereocenters. The first kappa shape index (κ1) is 14.6. The third kappa shape index (κ3) is 5.02. The van der Waals surface area contributed by atoms with E-state index < -0.39 is 10.0 Å². The molecule has 0 amide bonds. The zero-order valence-corrected chi connectivity index (χ0v) is 13.3. The van der Waals surface area contributed by atoms with E-state index >= 15 is 0 Å². The predicted octanol–water partition coefficient (Wildman–Crippen LogP) is 2.57. The Morgan fingerprint density at radius 1 is 1.26 bits per heavy atom. The van der Waals surface area contributed by atoms with Gasteiger partial charge in [0.15, 0.2) is 0 Å². The maximum Gasteiger partial charge on any atom is 0.212 e. The van der Waals surface area contributed by atoms with Crippen LogP contribution in [-0.4, -0.2) is 19.2 Å². The molecule has 0 aliphatic carbocycles. The van der Waals surface area contributed by atoms with E-state index in [1.165, 1.54) is 11.3 Å². The minimum Gasteiger partial charge on any atom is -0.261 e. The standard InChI is InChI=1S/C12H13BrN2O2S2/c13-12-5-4-11(18-12)9-15-19(16,17)8-6-10-3-1-2-7-14-10/h1-5,7,15H,6,8-9H2. The molecule has 0 unspecified atom stereocenters. The van der Waals surface area contributed by atoms with Crippen LogP contribution in [0.4, 0.5) is 0 Å². The van der Waals surface area contributed by atoms with E-state index in [0.29, 0.717) is 13.0 Å². The van der Waals surface area contributed by atoms with E-state index in [-0.39, 0.29) is 5.75 Å². The van der Waals surface area contributed by atoms with Crippen LogP contribution in [0, 0.1) is 0 Å².